The van der Waals surface area contributed by atoms with Crippen LogP contribution in [0.15, 0.2) is 6.58 Å². The van der Waals surface area contributed by atoms with Crippen LogP contribution in [-0.2, 0) is 9.59 Å². The summed E-state index contributed by atoms with van der Waals surface area (Å²) in [7, 11) is 0. The van der Waals surface area contributed by atoms with Gasteiger partial charge in [0, 0.05) is 12.0 Å². The fourth-order valence-electron chi connectivity index (χ4n) is 3.40. The van der Waals surface area contributed by atoms with Gasteiger partial charge < -0.3 is 9.84 Å². The fourth-order valence-corrected chi connectivity index (χ4v) is 5.96. The number of esters is 1. The number of ether oxygens (including phenoxy) is 1. The van der Waals surface area contributed by atoms with E-state index in [-0.39, 0.29) is 67.1 Å². The molecule has 228 valence electrons. The second-order valence-corrected chi connectivity index (χ2v) is 12.5. The second-order valence-electron chi connectivity index (χ2n) is 8.68. The van der Waals surface area contributed by atoms with E-state index in [9.17, 15) is 9.59 Å². The first-order chi connectivity index (χ1) is 19.2. The minimum absolute atomic E-state index is 0.0125. The quantitative estimate of drug-likeness (QED) is 0.0550. The zero-order valence-electron chi connectivity index (χ0n) is 21.7. The van der Waals surface area contributed by atoms with Crippen molar-refractivity contribution >= 4 is 134 Å². The molecule has 2 rings (SSSR count). The third-order valence-electron chi connectivity index (χ3n) is 5.64. The molecule has 0 spiro atoms. The highest BCUT2D eigenvalue weighted by Gasteiger charge is 2.24. The van der Waals surface area contributed by atoms with Crippen LogP contribution in [-0.4, -0.2) is 17.0 Å². The van der Waals surface area contributed by atoms with Crippen LogP contribution in [0.5, 0.6) is 5.75 Å². The average Bonchev–Trinajstić information content (AvgIpc) is 2.94. The number of carbonyl (C=O) groups is 2. The zero-order chi connectivity index (χ0) is 31.4. The molecule has 1 N–H and O–H groups in total. The van der Waals surface area contributed by atoms with Gasteiger partial charge in [0.1, 0.15) is 10.0 Å². The van der Waals surface area contributed by atoms with Crippen molar-refractivity contribution in [2.24, 2.45) is 0 Å². The molecule has 0 unspecified atom stereocenters. The monoisotopic (exact) mass is 764 g/mol. The lowest BCUT2D eigenvalue weighted by atomic mass is 10.1. The van der Waals surface area contributed by atoms with Crippen LogP contribution in [0.1, 0.15) is 76.7 Å². The molecule has 0 fully saturated rings. The minimum Gasteiger partial charge on any atom is -0.478 e. The summed E-state index contributed by atoms with van der Waals surface area (Å²) in [6.07, 6.45) is 10.8. The summed E-state index contributed by atoms with van der Waals surface area (Å²) in [5.74, 6) is -1.73. The lowest BCUT2D eigenvalue weighted by molar-refractivity contribution is -0.134. The van der Waals surface area contributed by atoms with E-state index in [1.807, 2.05) is 0 Å². The Morgan fingerprint density at radius 1 is 0.585 bits per heavy atom. The van der Waals surface area contributed by atoms with E-state index in [1.165, 1.54) is 38.5 Å². The number of halogens is 10. The number of hydrogen-bond acceptors (Lipinski definition) is 3. The summed E-state index contributed by atoms with van der Waals surface area (Å²) < 4.78 is 5.23. The van der Waals surface area contributed by atoms with Crippen LogP contribution < -0.4 is 4.74 Å². The molecule has 0 bridgehead atoms. The van der Waals surface area contributed by atoms with Crippen LogP contribution >= 0.6 is 116 Å². The molecule has 0 aromatic heterocycles. The maximum atomic E-state index is 12.0. The number of hydrogen-bond donors (Lipinski definition) is 1. The standard InChI is InChI=1S/C18H23Cl5O2.C9H3Cl5O2/c1-2-3-4-5-6-7-8-9-10-11-12(24)25-18-16(22)14(20)13(19)15(21)17(18)23;1-2(9(15)16)3-4(10)6(12)8(14)7(13)5(3)11/h2-11H2,1H3;1H2,(H,15,16). The van der Waals surface area contributed by atoms with Crippen molar-refractivity contribution in [2.45, 2.75) is 71.1 Å². The normalized spacial score (nSPS) is 10.7. The van der Waals surface area contributed by atoms with Gasteiger partial charge in [0.25, 0.3) is 0 Å². The van der Waals surface area contributed by atoms with Gasteiger partial charge in [-0.1, -0.05) is 181 Å². The van der Waals surface area contributed by atoms with Crippen molar-refractivity contribution in [3.8, 4) is 5.75 Å². The number of benzene rings is 2. The molecule has 0 atom stereocenters. The summed E-state index contributed by atoms with van der Waals surface area (Å²) >= 11 is 58.8. The Morgan fingerprint density at radius 3 is 1.32 bits per heavy atom. The molecule has 0 saturated carbocycles. The van der Waals surface area contributed by atoms with Crippen molar-refractivity contribution < 1.29 is 19.4 Å². The van der Waals surface area contributed by atoms with Gasteiger partial charge in [0.2, 0.25) is 0 Å². The van der Waals surface area contributed by atoms with Crippen LogP contribution in [0.25, 0.3) is 5.57 Å². The number of aliphatic carboxylic acids is 1. The van der Waals surface area contributed by atoms with Crippen molar-refractivity contribution in [1.82, 2.24) is 0 Å². The Balaban J connectivity index is 0.000000452. The Labute approximate surface area is 290 Å². The van der Waals surface area contributed by atoms with Gasteiger partial charge in [0.15, 0.2) is 5.75 Å². The van der Waals surface area contributed by atoms with Crippen molar-refractivity contribution in [2.75, 3.05) is 0 Å². The van der Waals surface area contributed by atoms with E-state index in [1.54, 1.807) is 0 Å². The predicted molar refractivity (Wildman–Crippen MR) is 177 cm³/mol. The Hall–Kier alpha value is 0.0200. The molecule has 0 heterocycles. The van der Waals surface area contributed by atoms with E-state index < -0.39 is 11.9 Å². The molecule has 2 aromatic carbocycles. The highest BCUT2D eigenvalue weighted by Crippen LogP contribution is 2.48. The second kappa shape index (κ2) is 19.4. The Morgan fingerprint density at radius 2 is 0.927 bits per heavy atom. The van der Waals surface area contributed by atoms with E-state index in [0.29, 0.717) is 6.42 Å². The molecule has 14 heteroatoms. The van der Waals surface area contributed by atoms with Crippen molar-refractivity contribution in [3.63, 3.8) is 0 Å². The topological polar surface area (TPSA) is 63.6 Å². The van der Waals surface area contributed by atoms with E-state index in [0.717, 1.165) is 19.3 Å². The molecule has 0 aliphatic rings. The highest BCUT2D eigenvalue weighted by atomic mass is 35.5. The molecule has 2 aromatic rings. The Bertz CT molecular complexity index is 1210. The molecule has 0 radical (unpaired) electrons. The molecule has 0 aliphatic heterocycles. The van der Waals surface area contributed by atoms with Gasteiger partial charge in [-0.15, -0.1) is 0 Å². The van der Waals surface area contributed by atoms with Gasteiger partial charge >= 0.3 is 11.9 Å². The Kier molecular flexibility index (Phi) is 18.5. The lowest BCUT2D eigenvalue weighted by Gasteiger charge is -2.12. The van der Waals surface area contributed by atoms with Crippen LogP contribution in [0.2, 0.25) is 50.2 Å². The van der Waals surface area contributed by atoms with Crippen LogP contribution in [0, 0.1) is 0 Å². The van der Waals surface area contributed by atoms with Crippen molar-refractivity contribution in [1.29, 1.82) is 0 Å². The van der Waals surface area contributed by atoms with Crippen LogP contribution in [0.4, 0.5) is 0 Å². The third kappa shape index (κ3) is 11.5. The molecule has 0 saturated heterocycles. The minimum atomic E-state index is -1.28. The van der Waals surface area contributed by atoms with E-state index in [2.05, 4.69) is 13.5 Å². The maximum absolute atomic E-state index is 12.0. The number of carbonyl (C=O) groups excluding carboxylic acids is 1. The number of carboxylic acid groups (broad SMARTS) is 1. The summed E-state index contributed by atoms with van der Waals surface area (Å²) in [4.78, 5) is 22.7. The largest absolute Gasteiger partial charge is 0.478 e. The fraction of sp³-hybridized carbons (Fsp3) is 0.407. The zero-order valence-corrected chi connectivity index (χ0v) is 29.3. The van der Waals surface area contributed by atoms with Gasteiger partial charge in [0.05, 0.1) is 45.8 Å². The smallest absolute Gasteiger partial charge is 0.335 e. The number of rotatable bonds is 13. The number of unbranched alkanes of at least 4 members (excludes halogenated alkanes) is 8. The van der Waals surface area contributed by atoms with E-state index in [4.69, 9.17) is 126 Å². The van der Waals surface area contributed by atoms with Gasteiger partial charge in [-0.3, -0.25) is 4.79 Å². The molecular weight excluding hydrogens is 743 g/mol. The summed E-state index contributed by atoms with van der Waals surface area (Å²) in [6.45, 7) is 5.54. The van der Waals surface area contributed by atoms with Gasteiger partial charge in [-0.25, -0.2) is 4.79 Å². The lowest BCUT2D eigenvalue weighted by Crippen LogP contribution is -2.08. The first-order valence-corrected chi connectivity index (χ1v) is 16.1. The molecule has 0 amide bonds. The molecule has 4 nitrogen and oxygen atoms in total. The van der Waals surface area contributed by atoms with E-state index >= 15 is 0 Å². The molecular formula is C27H26Cl10O4. The summed E-state index contributed by atoms with van der Waals surface area (Å²) in [5, 5.41) is 8.52. The predicted octanol–water partition coefficient (Wildman–Crippen LogP) is 13.8. The molecule has 41 heavy (non-hydrogen) atoms. The number of carboxylic acids is 1. The summed E-state index contributed by atoms with van der Waals surface area (Å²) in [6, 6.07) is 0. The average molecular weight is 769 g/mol. The van der Waals surface area contributed by atoms with Gasteiger partial charge in [-0.05, 0) is 6.42 Å². The summed E-state index contributed by atoms with van der Waals surface area (Å²) in [5.41, 5.74) is -0.342. The maximum Gasteiger partial charge on any atom is 0.335 e. The van der Waals surface area contributed by atoms with Crippen molar-refractivity contribution in [3.05, 3.63) is 62.4 Å². The van der Waals surface area contributed by atoms with Gasteiger partial charge in [-0.2, -0.15) is 0 Å². The SMILES string of the molecule is C=C(C(=O)O)c1c(Cl)c(Cl)c(Cl)c(Cl)c1Cl.CCCCCCCCCCCC(=O)Oc1c(Cl)c(Cl)c(Cl)c(Cl)c1Cl. The van der Waals surface area contributed by atoms with Crippen LogP contribution in [0.3, 0.4) is 0 Å². The third-order valence-corrected chi connectivity index (χ3v) is 10.2. The first-order valence-electron chi connectivity index (χ1n) is 12.3. The highest BCUT2D eigenvalue weighted by molar-refractivity contribution is 6.57. The first kappa shape index (κ1) is 39.0. The molecule has 0 aliphatic carbocycles.